The van der Waals surface area contributed by atoms with Crippen molar-refractivity contribution in [1.29, 1.82) is 0 Å². The fourth-order valence-electron chi connectivity index (χ4n) is 0.407. The molecule has 0 unspecified atom stereocenters. The number of anilines is 1. The number of rotatable bonds is 0. The largest absolute Gasteiger partial charge is 2.00 e. The van der Waals surface area contributed by atoms with Gasteiger partial charge in [0.05, 0.1) is 0 Å². The molecular weight excluding hydrogens is 190 g/mol. The Morgan fingerprint density at radius 3 is 2.33 bits per heavy atom. The average Bonchev–Trinajstić information content (AvgIpc) is 1.69. The van der Waals surface area contributed by atoms with E-state index in [0.717, 1.165) is 5.69 Å². The van der Waals surface area contributed by atoms with E-state index in [1.807, 2.05) is 18.2 Å². The molecule has 0 aliphatic rings. The van der Waals surface area contributed by atoms with Gasteiger partial charge in [0, 0.05) is 0 Å². The van der Waals surface area contributed by atoms with Crippen LogP contribution in [-0.4, -0.2) is 23.1 Å². The molecule has 0 atom stereocenters. The Morgan fingerprint density at radius 2 is 2.11 bits per heavy atom. The third-order valence-electron chi connectivity index (χ3n) is 0.731. The summed E-state index contributed by atoms with van der Waals surface area (Å²) in [6.45, 7) is 0. The summed E-state index contributed by atoms with van der Waals surface area (Å²) in [5.41, 5.74) is 6.09. The Kier molecular flexibility index (Phi) is 8.51. The van der Waals surface area contributed by atoms with Crippen LogP contribution in [0.3, 0.4) is 0 Å². The molecule has 0 saturated carbocycles. The molecule has 0 aliphatic heterocycles. The van der Waals surface area contributed by atoms with Crippen LogP contribution in [0.25, 0.3) is 0 Å². The molecule has 0 saturated heterocycles. The second-order valence-electron chi connectivity index (χ2n) is 1.34. The summed E-state index contributed by atoms with van der Waals surface area (Å²) in [5.74, 6) is 0. The number of nitrogen functional groups attached to an aromatic ring is 1. The Hall–Kier alpha value is 0.266. The van der Waals surface area contributed by atoms with Gasteiger partial charge in [0.1, 0.15) is 0 Å². The minimum Gasteiger partial charge on any atom is -1.00 e. The summed E-state index contributed by atoms with van der Waals surface area (Å²) < 4.78 is 0. The molecule has 0 radical (unpaired) electrons. The first-order valence-corrected chi connectivity index (χ1v) is 2.11. The van der Waals surface area contributed by atoms with Crippen LogP contribution in [0.15, 0.2) is 24.3 Å². The summed E-state index contributed by atoms with van der Waals surface area (Å²) in [4.78, 5) is 0. The van der Waals surface area contributed by atoms with Crippen molar-refractivity contribution in [1.82, 2.24) is 0 Å². The monoisotopic (exact) mass is 195 g/mol. The predicted molar refractivity (Wildman–Crippen MR) is 35.4 cm³/mol. The van der Waals surface area contributed by atoms with Crippen molar-refractivity contribution in [2.75, 3.05) is 5.73 Å². The zero-order chi connectivity index (χ0) is 5.11. The Labute approximate surface area is 81.6 Å². The summed E-state index contributed by atoms with van der Waals surface area (Å²) in [6.07, 6.45) is 0. The van der Waals surface area contributed by atoms with Crippen LogP contribution >= 0.6 is 0 Å². The Morgan fingerprint density at radius 1 is 1.44 bits per heavy atom. The molecule has 44 valence electrons. The van der Waals surface area contributed by atoms with E-state index in [-0.39, 0.29) is 40.0 Å². The quantitative estimate of drug-likeness (QED) is 0.282. The topological polar surface area (TPSA) is 26.0 Å². The van der Waals surface area contributed by atoms with Gasteiger partial charge in [-0.15, -0.1) is 0 Å². The molecule has 0 fully saturated rings. The van der Waals surface area contributed by atoms with Crippen molar-refractivity contribution < 1.29 is 17.0 Å². The number of nitrogens with two attached hydrogens (primary N) is 1. The van der Waals surface area contributed by atoms with Crippen molar-refractivity contribution in [2.45, 2.75) is 0 Å². The zero-order valence-corrected chi connectivity index (χ0v) is 7.97. The third-order valence-corrected chi connectivity index (χ3v) is 0.731. The van der Waals surface area contributed by atoms with Gasteiger partial charge in [0.15, 0.2) is 0 Å². The molecule has 9 heavy (non-hydrogen) atoms. The van der Waals surface area contributed by atoms with Crippen molar-refractivity contribution >= 4 is 28.7 Å². The molecule has 1 aromatic rings. The molecule has 0 heterocycles. The van der Waals surface area contributed by atoms with E-state index in [4.69, 9.17) is 5.73 Å². The van der Waals surface area contributed by atoms with Crippen LogP contribution in [0, 0.1) is 6.07 Å². The Balaban J connectivity index is 0. The minimum atomic E-state index is 0. The standard InChI is InChI=1S/C6H6N.BrH.Mg/c7-6-4-2-1-3-5-6;;/h1-2,4-5H,7H2;1H;/q-1;;+2/p-1. The van der Waals surface area contributed by atoms with Gasteiger partial charge in [-0.3, -0.25) is 0 Å². The summed E-state index contributed by atoms with van der Waals surface area (Å²) >= 11 is 0. The van der Waals surface area contributed by atoms with Crippen molar-refractivity contribution in [3.05, 3.63) is 30.3 Å². The van der Waals surface area contributed by atoms with Gasteiger partial charge in [-0.2, -0.15) is 30.3 Å². The normalized spacial score (nSPS) is 6.67. The molecule has 3 heteroatoms. The molecule has 0 aromatic heterocycles. The van der Waals surface area contributed by atoms with E-state index in [9.17, 15) is 0 Å². The second kappa shape index (κ2) is 6.39. The first-order valence-electron chi connectivity index (χ1n) is 2.11. The molecule has 1 rings (SSSR count). The molecule has 0 amide bonds. The first-order chi connectivity index (χ1) is 3.39. The summed E-state index contributed by atoms with van der Waals surface area (Å²) in [6, 6.07) is 10.1. The Bertz CT molecular complexity index is 143. The summed E-state index contributed by atoms with van der Waals surface area (Å²) in [5, 5.41) is 0. The molecule has 0 spiro atoms. The van der Waals surface area contributed by atoms with Crippen LogP contribution in [-0.2, 0) is 0 Å². The van der Waals surface area contributed by atoms with E-state index in [1.165, 1.54) is 0 Å². The van der Waals surface area contributed by atoms with Gasteiger partial charge in [-0.1, -0.05) is 5.69 Å². The van der Waals surface area contributed by atoms with Crippen LogP contribution in [0.1, 0.15) is 0 Å². The molecule has 0 aliphatic carbocycles. The van der Waals surface area contributed by atoms with E-state index in [1.54, 1.807) is 6.07 Å². The van der Waals surface area contributed by atoms with Gasteiger partial charge < -0.3 is 22.7 Å². The summed E-state index contributed by atoms with van der Waals surface area (Å²) in [7, 11) is 0. The molecule has 0 bridgehead atoms. The number of hydrogen-bond donors (Lipinski definition) is 1. The minimum absolute atomic E-state index is 0. The molecular formula is C6H6BrMgN. The van der Waals surface area contributed by atoms with Crippen LogP contribution < -0.4 is 22.7 Å². The van der Waals surface area contributed by atoms with Crippen molar-refractivity contribution in [2.24, 2.45) is 0 Å². The van der Waals surface area contributed by atoms with Gasteiger partial charge in [0.2, 0.25) is 0 Å². The molecule has 1 nitrogen and oxygen atoms in total. The van der Waals surface area contributed by atoms with Crippen molar-refractivity contribution in [3.63, 3.8) is 0 Å². The van der Waals surface area contributed by atoms with E-state index in [0.29, 0.717) is 0 Å². The van der Waals surface area contributed by atoms with Gasteiger partial charge in [-0.25, -0.2) is 0 Å². The fraction of sp³-hybridized carbons (Fsp3) is 0. The van der Waals surface area contributed by atoms with Gasteiger partial charge in [0.25, 0.3) is 0 Å². The third kappa shape index (κ3) is 4.75. The van der Waals surface area contributed by atoms with Crippen LogP contribution in [0.4, 0.5) is 5.69 Å². The average molecular weight is 196 g/mol. The SMILES string of the molecule is Nc1c[c-]ccc1.[Br-].[Mg+2]. The van der Waals surface area contributed by atoms with Gasteiger partial charge in [-0.05, 0) is 0 Å². The first kappa shape index (κ1) is 12.0. The van der Waals surface area contributed by atoms with E-state index < -0.39 is 0 Å². The van der Waals surface area contributed by atoms with Crippen molar-refractivity contribution in [3.8, 4) is 0 Å². The second-order valence-corrected chi connectivity index (χ2v) is 1.34. The van der Waals surface area contributed by atoms with Crippen LogP contribution in [0.2, 0.25) is 0 Å². The van der Waals surface area contributed by atoms with E-state index in [2.05, 4.69) is 6.07 Å². The van der Waals surface area contributed by atoms with Gasteiger partial charge >= 0.3 is 23.1 Å². The maximum Gasteiger partial charge on any atom is 2.00 e. The van der Waals surface area contributed by atoms with Crippen LogP contribution in [0.5, 0.6) is 0 Å². The zero-order valence-electron chi connectivity index (χ0n) is 4.97. The molecule has 2 N–H and O–H groups in total. The molecule has 1 aromatic carbocycles. The number of halogens is 1. The fourth-order valence-corrected chi connectivity index (χ4v) is 0.407. The predicted octanol–water partition coefficient (Wildman–Crippen LogP) is -2.31. The van der Waals surface area contributed by atoms with E-state index >= 15 is 0 Å². The maximum atomic E-state index is 5.33. The smallest absolute Gasteiger partial charge is 1.00 e. The number of hydrogen-bond acceptors (Lipinski definition) is 1. The number of benzene rings is 1. The maximum absolute atomic E-state index is 5.33.